The summed E-state index contributed by atoms with van der Waals surface area (Å²) in [6.45, 7) is 1.83. The molecule has 3 heterocycles. The van der Waals surface area contributed by atoms with E-state index in [1.807, 2.05) is 0 Å². The highest BCUT2D eigenvalue weighted by molar-refractivity contribution is 7.16. The minimum atomic E-state index is -0.751. The van der Waals surface area contributed by atoms with E-state index in [0.717, 1.165) is 0 Å². The first kappa shape index (κ1) is 20.1. The molecule has 0 spiro atoms. The number of amides is 2. The molecule has 1 aliphatic heterocycles. The summed E-state index contributed by atoms with van der Waals surface area (Å²) < 4.78 is 6.59. The third kappa shape index (κ3) is 3.81. The number of benzene rings is 1. The van der Waals surface area contributed by atoms with Gasteiger partial charge in [-0.25, -0.2) is 14.6 Å². The summed E-state index contributed by atoms with van der Waals surface area (Å²) in [6.07, 6.45) is 1.41. The zero-order chi connectivity index (χ0) is 21.3. The van der Waals surface area contributed by atoms with Crippen LogP contribution in [0.15, 0.2) is 58.1 Å². The average molecular weight is 445 g/mol. The third-order valence-corrected chi connectivity index (χ3v) is 5.70. The molecule has 1 aromatic carbocycles. The molecule has 10 heteroatoms. The molecular weight excluding hydrogens is 428 g/mol. The second kappa shape index (κ2) is 8.29. The van der Waals surface area contributed by atoms with Crippen molar-refractivity contribution in [1.29, 1.82) is 0 Å². The molecule has 8 nitrogen and oxygen atoms in total. The molecule has 2 amide bonds. The van der Waals surface area contributed by atoms with E-state index in [1.54, 1.807) is 42.6 Å². The van der Waals surface area contributed by atoms with Gasteiger partial charge < -0.3 is 15.4 Å². The van der Waals surface area contributed by atoms with Crippen LogP contribution in [0.1, 0.15) is 18.5 Å². The number of nitrogens with one attached hydrogen (secondary N) is 2. The first-order valence-corrected chi connectivity index (χ1v) is 10.4. The molecule has 1 aliphatic rings. The van der Waals surface area contributed by atoms with Crippen molar-refractivity contribution >= 4 is 45.2 Å². The van der Waals surface area contributed by atoms with E-state index in [1.165, 1.54) is 22.2 Å². The fraction of sp³-hybridized carbons (Fsp3) is 0.200. The molecule has 0 saturated heterocycles. The minimum absolute atomic E-state index is 0.0384. The van der Waals surface area contributed by atoms with Gasteiger partial charge in [-0.3, -0.25) is 9.36 Å². The zero-order valence-electron chi connectivity index (χ0n) is 15.8. The van der Waals surface area contributed by atoms with Gasteiger partial charge in [0.15, 0.2) is 0 Å². The molecule has 2 aromatic heterocycles. The SMILES string of the molecule is CCOC(=O)C1=C(Cn2cnc3sccc3c2=O)NC(=O)N[C@@H]1c1ccc(Cl)cc1. The maximum absolute atomic E-state index is 12.8. The Hall–Kier alpha value is -3.17. The first-order chi connectivity index (χ1) is 14.5. The smallest absolute Gasteiger partial charge is 0.338 e. The first-order valence-electron chi connectivity index (χ1n) is 9.13. The summed E-state index contributed by atoms with van der Waals surface area (Å²) in [6, 6.07) is 7.25. The Labute approximate surface area is 180 Å². The van der Waals surface area contributed by atoms with Gasteiger partial charge in [0.25, 0.3) is 5.56 Å². The van der Waals surface area contributed by atoms with Crippen LogP contribution >= 0.6 is 22.9 Å². The maximum Gasteiger partial charge on any atom is 0.338 e. The third-order valence-electron chi connectivity index (χ3n) is 4.63. The monoisotopic (exact) mass is 444 g/mol. The number of halogens is 1. The van der Waals surface area contributed by atoms with Gasteiger partial charge in [0.2, 0.25) is 0 Å². The number of esters is 1. The van der Waals surface area contributed by atoms with Crippen LogP contribution in [-0.2, 0) is 16.1 Å². The lowest BCUT2D eigenvalue weighted by molar-refractivity contribution is -0.139. The zero-order valence-corrected chi connectivity index (χ0v) is 17.4. The molecule has 0 radical (unpaired) electrons. The summed E-state index contributed by atoms with van der Waals surface area (Å²) in [5, 5.41) is 8.20. The highest BCUT2D eigenvalue weighted by atomic mass is 35.5. The molecule has 1 atom stereocenters. The molecule has 2 N–H and O–H groups in total. The number of ether oxygens (including phenoxy) is 1. The summed E-state index contributed by atoms with van der Waals surface area (Å²) in [4.78, 5) is 42.9. The van der Waals surface area contributed by atoms with Gasteiger partial charge in [-0.1, -0.05) is 23.7 Å². The molecule has 0 saturated carbocycles. The molecule has 0 unspecified atom stereocenters. The summed E-state index contributed by atoms with van der Waals surface area (Å²) >= 11 is 7.34. The largest absolute Gasteiger partial charge is 0.463 e. The van der Waals surface area contributed by atoms with E-state index in [-0.39, 0.29) is 30.0 Å². The lowest BCUT2D eigenvalue weighted by Gasteiger charge is -2.29. The highest BCUT2D eigenvalue weighted by Gasteiger charge is 2.34. The van der Waals surface area contributed by atoms with Crippen molar-refractivity contribution in [3.05, 3.63) is 74.2 Å². The lowest BCUT2D eigenvalue weighted by Crippen LogP contribution is -2.47. The van der Waals surface area contributed by atoms with Crippen molar-refractivity contribution in [2.24, 2.45) is 0 Å². The van der Waals surface area contributed by atoms with Crippen LogP contribution in [-0.4, -0.2) is 28.2 Å². The van der Waals surface area contributed by atoms with Crippen LogP contribution in [0.2, 0.25) is 5.02 Å². The second-order valence-electron chi connectivity index (χ2n) is 6.51. The van der Waals surface area contributed by atoms with Crippen molar-refractivity contribution in [3.63, 3.8) is 0 Å². The summed E-state index contributed by atoms with van der Waals surface area (Å²) in [5.74, 6) is -0.586. The number of allylic oxidation sites excluding steroid dienone is 1. The van der Waals surface area contributed by atoms with Crippen molar-refractivity contribution in [3.8, 4) is 0 Å². The molecule has 0 aliphatic carbocycles. The highest BCUT2D eigenvalue weighted by Crippen LogP contribution is 2.29. The number of rotatable bonds is 5. The predicted octanol–water partition coefficient (Wildman–Crippen LogP) is 2.98. The molecule has 4 rings (SSSR count). The Morgan fingerprint density at radius 1 is 1.27 bits per heavy atom. The molecule has 0 bridgehead atoms. The van der Waals surface area contributed by atoms with E-state index < -0.39 is 18.0 Å². The van der Waals surface area contributed by atoms with Gasteiger partial charge >= 0.3 is 12.0 Å². The number of fused-ring (bicyclic) bond motifs is 1. The number of aromatic nitrogens is 2. The Kier molecular flexibility index (Phi) is 5.56. The van der Waals surface area contributed by atoms with E-state index in [9.17, 15) is 14.4 Å². The summed E-state index contributed by atoms with van der Waals surface area (Å²) in [5.41, 5.74) is 0.896. The molecule has 154 valence electrons. The normalized spacial score (nSPS) is 16.3. The molecular formula is C20H17ClN4O4S. The molecule has 30 heavy (non-hydrogen) atoms. The van der Waals surface area contributed by atoms with Crippen LogP contribution in [0.3, 0.4) is 0 Å². The molecule has 3 aromatic rings. The number of nitrogens with zero attached hydrogens (tertiary/aromatic N) is 2. The number of urea groups is 1. The van der Waals surface area contributed by atoms with Gasteiger partial charge in [-0.15, -0.1) is 11.3 Å². The lowest BCUT2D eigenvalue weighted by atomic mass is 9.95. The van der Waals surface area contributed by atoms with E-state index in [0.29, 0.717) is 20.8 Å². The van der Waals surface area contributed by atoms with Gasteiger partial charge in [0.05, 0.1) is 42.2 Å². The van der Waals surface area contributed by atoms with Crippen molar-refractivity contribution in [2.45, 2.75) is 19.5 Å². The number of hydrogen-bond donors (Lipinski definition) is 2. The second-order valence-corrected chi connectivity index (χ2v) is 7.84. The fourth-order valence-electron chi connectivity index (χ4n) is 3.27. The van der Waals surface area contributed by atoms with Gasteiger partial charge in [-0.05, 0) is 36.1 Å². The van der Waals surface area contributed by atoms with Crippen molar-refractivity contribution in [1.82, 2.24) is 20.2 Å². The molecule has 0 fully saturated rings. The van der Waals surface area contributed by atoms with Gasteiger partial charge in [0, 0.05) is 5.02 Å². The van der Waals surface area contributed by atoms with Crippen LogP contribution in [0.5, 0.6) is 0 Å². The number of carbonyl (C=O) groups is 2. The Bertz CT molecular complexity index is 1220. The van der Waals surface area contributed by atoms with Gasteiger partial charge in [0.1, 0.15) is 4.83 Å². The Morgan fingerprint density at radius 2 is 2.03 bits per heavy atom. The summed E-state index contributed by atoms with van der Waals surface area (Å²) in [7, 11) is 0. The van der Waals surface area contributed by atoms with E-state index in [4.69, 9.17) is 16.3 Å². The van der Waals surface area contributed by atoms with Crippen molar-refractivity contribution in [2.75, 3.05) is 6.61 Å². The standard InChI is InChI=1S/C20H17ClN4O4S/c1-2-29-19(27)15-14(9-25-10-22-17-13(18(25)26)7-8-30-17)23-20(28)24-16(15)11-3-5-12(21)6-4-11/h3-8,10,16H,2,9H2,1H3,(H2,23,24,28)/t16-/m1/s1. The van der Waals surface area contributed by atoms with Gasteiger partial charge in [-0.2, -0.15) is 0 Å². The van der Waals surface area contributed by atoms with Crippen LogP contribution in [0.4, 0.5) is 4.79 Å². The van der Waals surface area contributed by atoms with Crippen molar-refractivity contribution < 1.29 is 14.3 Å². The number of carbonyl (C=O) groups excluding carboxylic acids is 2. The quantitative estimate of drug-likeness (QED) is 0.589. The topological polar surface area (TPSA) is 102 Å². The van der Waals surface area contributed by atoms with Crippen LogP contribution < -0.4 is 16.2 Å². The Morgan fingerprint density at radius 3 is 2.77 bits per heavy atom. The van der Waals surface area contributed by atoms with E-state index in [2.05, 4.69) is 15.6 Å². The van der Waals surface area contributed by atoms with Crippen LogP contribution in [0.25, 0.3) is 10.2 Å². The Balaban J connectivity index is 1.82. The minimum Gasteiger partial charge on any atom is -0.463 e. The van der Waals surface area contributed by atoms with E-state index >= 15 is 0 Å². The average Bonchev–Trinajstić information content (AvgIpc) is 3.20. The maximum atomic E-state index is 12.8. The number of thiophene rings is 1. The predicted molar refractivity (Wildman–Crippen MR) is 113 cm³/mol. The fourth-order valence-corrected chi connectivity index (χ4v) is 4.12. The van der Waals surface area contributed by atoms with Crippen LogP contribution in [0, 0.1) is 0 Å². The number of hydrogen-bond acceptors (Lipinski definition) is 6.